The summed E-state index contributed by atoms with van der Waals surface area (Å²) >= 11 is 0. The largest absolute Gasteiger partial charge is 0.218 e. The lowest BCUT2D eigenvalue weighted by atomic mass is 10.2. The molecule has 0 radical (unpaired) electrons. The molecule has 0 spiro atoms. The van der Waals surface area contributed by atoms with Crippen molar-refractivity contribution in [3.63, 3.8) is 0 Å². The zero-order valence-corrected chi connectivity index (χ0v) is 8.24. The summed E-state index contributed by atoms with van der Waals surface area (Å²) in [5.41, 5.74) is 0. The highest BCUT2D eigenvalue weighted by Crippen LogP contribution is 2.07. The van der Waals surface area contributed by atoms with Gasteiger partial charge in [0, 0.05) is 0 Å². The van der Waals surface area contributed by atoms with Gasteiger partial charge in [0.05, 0.1) is 5.25 Å². The van der Waals surface area contributed by atoms with Crippen LogP contribution in [0.15, 0.2) is 0 Å². The summed E-state index contributed by atoms with van der Waals surface area (Å²) in [6.07, 6.45) is 2.77. The van der Waals surface area contributed by atoms with Crippen molar-refractivity contribution in [2.45, 2.75) is 38.4 Å². The monoisotopic (exact) mass is 179 g/mol. The SMILES string of the molecule is CCCCC(C)S(=O)(=O)NC. The normalized spacial score (nSPS) is 14.8. The summed E-state index contributed by atoms with van der Waals surface area (Å²) in [6, 6.07) is 0. The van der Waals surface area contributed by atoms with Gasteiger partial charge in [0.1, 0.15) is 0 Å². The van der Waals surface area contributed by atoms with Gasteiger partial charge in [-0.2, -0.15) is 0 Å². The first-order valence-electron chi connectivity index (χ1n) is 3.97. The number of rotatable bonds is 5. The summed E-state index contributed by atoms with van der Waals surface area (Å²) in [7, 11) is -1.56. The van der Waals surface area contributed by atoms with Crippen LogP contribution in [-0.2, 0) is 10.0 Å². The molecular weight excluding hydrogens is 162 g/mol. The van der Waals surface area contributed by atoms with E-state index < -0.39 is 10.0 Å². The highest BCUT2D eigenvalue weighted by atomic mass is 32.2. The molecule has 0 saturated carbocycles. The fourth-order valence-corrected chi connectivity index (χ4v) is 1.73. The van der Waals surface area contributed by atoms with Gasteiger partial charge < -0.3 is 0 Å². The molecule has 0 amide bonds. The van der Waals surface area contributed by atoms with E-state index >= 15 is 0 Å². The van der Waals surface area contributed by atoms with Crippen LogP contribution in [0.4, 0.5) is 0 Å². The first-order valence-corrected chi connectivity index (χ1v) is 5.51. The van der Waals surface area contributed by atoms with Crippen LogP contribution in [0, 0.1) is 0 Å². The Balaban J connectivity index is 3.93. The van der Waals surface area contributed by atoms with E-state index in [1.807, 2.05) is 0 Å². The molecule has 11 heavy (non-hydrogen) atoms. The average molecular weight is 179 g/mol. The molecule has 0 heterocycles. The lowest BCUT2D eigenvalue weighted by molar-refractivity contribution is 0.563. The molecule has 1 N–H and O–H groups in total. The van der Waals surface area contributed by atoms with Crippen LogP contribution in [-0.4, -0.2) is 20.7 Å². The minimum absolute atomic E-state index is 0.257. The van der Waals surface area contributed by atoms with Gasteiger partial charge in [0.15, 0.2) is 0 Å². The van der Waals surface area contributed by atoms with Crippen molar-refractivity contribution in [2.75, 3.05) is 7.05 Å². The molecule has 0 aliphatic carbocycles. The minimum Gasteiger partial charge on any atom is -0.218 e. The van der Waals surface area contributed by atoms with Crippen LogP contribution in [0.3, 0.4) is 0 Å². The number of unbranched alkanes of at least 4 members (excludes halogenated alkanes) is 1. The molecule has 0 saturated heterocycles. The fraction of sp³-hybridized carbons (Fsp3) is 1.00. The summed E-state index contributed by atoms with van der Waals surface area (Å²) in [5, 5.41) is -0.257. The van der Waals surface area contributed by atoms with E-state index in [2.05, 4.69) is 11.6 Å². The van der Waals surface area contributed by atoms with E-state index in [0.717, 1.165) is 19.3 Å². The van der Waals surface area contributed by atoms with E-state index in [0.29, 0.717) is 0 Å². The predicted molar refractivity (Wildman–Crippen MR) is 47.0 cm³/mol. The molecule has 0 fully saturated rings. The minimum atomic E-state index is -3.02. The molecule has 4 heteroatoms. The lowest BCUT2D eigenvalue weighted by Gasteiger charge is -2.10. The molecular formula is C7H17NO2S. The van der Waals surface area contributed by atoms with Crippen LogP contribution in [0.1, 0.15) is 33.1 Å². The number of nitrogens with one attached hydrogen (secondary N) is 1. The Morgan fingerprint density at radius 3 is 2.36 bits per heavy atom. The maximum atomic E-state index is 11.1. The van der Waals surface area contributed by atoms with Crippen LogP contribution in [0.5, 0.6) is 0 Å². The van der Waals surface area contributed by atoms with E-state index in [1.54, 1.807) is 6.92 Å². The van der Waals surface area contributed by atoms with E-state index in [4.69, 9.17) is 0 Å². The molecule has 0 bridgehead atoms. The third kappa shape index (κ3) is 3.72. The van der Waals surface area contributed by atoms with Gasteiger partial charge in [-0.25, -0.2) is 13.1 Å². The quantitative estimate of drug-likeness (QED) is 0.687. The Morgan fingerprint density at radius 1 is 1.45 bits per heavy atom. The van der Waals surface area contributed by atoms with E-state index in [9.17, 15) is 8.42 Å². The smallest absolute Gasteiger partial charge is 0.213 e. The first-order chi connectivity index (χ1) is 5.04. The van der Waals surface area contributed by atoms with Crippen LogP contribution in [0.25, 0.3) is 0 Å². The summed E-state index contributed by atoms with van der Waals surface area (Å²) in [6.45, 7) is 3.79. The van der Waals surface area contributed by atoms with Crippen molar-refractivity contribution >= 4 is 10.0 Å². The standard InChI is InChI=1S/C7H17NO2S/c1-4-5-6-7(2)11(9,10)8-3/h7-8H,4-6H2,1-3H3. The van der Waals surface area contributed by atoms with Gasteiger partial charge in [-0.3, -0.25) is 0 Å². The Morgan fingerprint density at radius 2 is 2.00 bits per heavy atom. The summed E-state index contributed by atoms with van der Waals surface area (Å²) in [4.78, 5) is 0. The highest BCUT2D eigenvalue weighted by Gasteiger charge is 2.16. The number of sulfonamides is 1. The molecule has 0 aliphatic rings. The molecule has 68 valence electrons. The number of hydrogen-bond acceptors (Lipinski definition) is 2. The second-order valence-electron chi connectivity index (χ2n) is 2.70. The maximum absolute atomic E-state index is 11.1. The second-order valence-corrected chi connectivity index (χ2v) is 5.00. The Bertz CT molecular complexity index is 187. The van der Waals surface area contributed by atoms with Crippen LogP contribution < -0.4 is 4.72 Å². The topological polar surface area (TPSA) is 46.2 Å². The van der Waals surface area contributed by atoms with Gasteiger partial charge >= 0.3 is 0 Å². The van der Waals surface area contributed by atoms with Crippen molar-refractivity contribution in [1.29, 1.82) is 0 Å². The van der Waals surface area contributed by atoms with Crippen molar-refractivity contribution in [2.24, 2.45) is 0 Å². The molecule has 0 rings (SSSR count). The summed E-state index contributed by atoms with van der Waals surface area (Å²) < 4.78 is 24.5. The van der Waals surface area contributed by atoms with Crippen molar-refractivity contribution in [1.82, 2.24) is 4.72 Å². The fourth-order valence-electron chi connectivity index (χ4n) is 0.848. The van der Waals surface area contributed by atoms with Crippen LogP contribution >= 0.6 is 0 Å². The molecule has 0 aromatic rings. The number of hydrogen-bond donors (Lipinski definition) is 1. The Hall–Kier alpha value is -0.0900. The average Bonchev–Trinajstić information content (AvgIpc) is 2.00. The van der Waals surface area contributed by atoms with Crippen molar-refractivity contribution < 1.29 is 8.42 Å². The molecule has 1 atom stereocenters. The third-order valence-electron chi connectivity index (χ3n) is 1.78. The highest BCUT2D eigenvalue weighted by molar-refractivity contribution is 7.90. The third-order valence-corrected chi connectivity index (χ3v) is 3.64. The first kappa shape index (κ1) is 10.9. The van der Waals surface area contributed by atoms with Crippen molar-refractivity contribution in [3.05, 3.63) is 0 Å². The van der Waals surface area contributed by atoms with Gasteiger partial charge in [-0.1, -0.05) is 19.8 Å². The second kappa shape index (κ2) is 4.72. The molecule has 3 nitrogen and oxygen atoms in total. The van der Waals surface area contributed by atoms with Gasteiger partial charge in [0.25, 0.3) is 0 Å². The van der Waals surface area contributed by atoms with E-state index in [1.165, 1.54) is 7.05 Å². The van der Waals surface area contributed by atoms with E-state index in [-0.39, 0.29) is 5.25 Å². The Labute approximate surface area is 69.2 Å². The lowest BCUT2D eigenvalue weighted by Crippen LogP contribution is -2.29. The zero-order valence-electron chi connectivity index (χ0n) is 7.42. The van der Waals surface area contributed by atoms with Crippen LogP contribution in [0.2, 0.25) is 0 Å². The predicted octanol–water partition coefficient (Wildman–Crippen LogP) is 1.11. The zero-order chi connectivity index (χ0) is 8.91. The van der Waals surface area contributed by atoms with Gasteiger partial charge in [-0.15, -0.1) is 0 Å². The van der Waals surface area contributed by atoms with Crippen molar-refractivity contribution in [3.8, 4) is 0 Å². The summed E-state index contributed by atoms with van der Waals surface area (Å²) in [5.74, 6) is 0. The molecule has 0 aliphatic heterocycles. The maximum Gasteiger partial charge on any atom is 0.213 e. The molecule has 0 aromatic carbocycles. The molecule has 0 aromatic heterocycles. The van der Waals surface area contributed by atoms with Gasteiger partial charge in [-0.05, 0) is 20.4 Å². The van der Waals surface area contributed by atoms with Gasteiger partial charge in [0.2, 0.25) is 10.0 Å². The molecule has 1 unspecified atom stereocenters. The Kier molecular flexibility index (Phi) is 4.68.